The van der Waals surface area contributed by atoms with Crippen LogP contribution in [0.4, 0.5) is 0 Å². The molecule has 3 heterocycles. The molecule has 0 aromatic heterocycles. The van der Waals surface area contributed by atoms with Crippen LogP contribution in [0.2, 0.25) is 0 Å². The Morgan fingerprint density at radius 2 is 2.00 bits per heavy atom. The van der Waals surface area contributed by atoms with E-state index >= 15 is 0 Å². The fourth-order valence-corrected chi connectivity index (χ4v) is 4.41. The van der Waals surface area contributed by atoms with Gasteiger partial charge in [-0.3, -0.25) is 24.6 Å². The van der Waals surface area contributed by atoms with Gasteiger partial charge in [-0.2, -0.15) is 0 Å². The van der Waals surface area contributed by atoms with Crippen molar-refractivity contribution in [2.45, 2.75) is 57.8 Å². The van der Waals surface area contributed by atoms with Gasteiger partial charge in [0.1, 0.15) is 6.04 Å². The summed E-state index contributed by atoms with van der Waals surface area (Å²) in [5, 5.41) is 5.80. The number of piperidine rings is 1. The molecule has 0 spiro atoms. The van der Waals surface area contributed by atoms with Crippen molar-refractivity contribution in [2.24, 2.45) is 0 Å². The number of nitrogens with one attached hydrogen (secondary N) is 2. The summed E-state index contributed by atoms with van der Waals surface area (Å²) in [4.78, 5) is 40.6. The molecule has 7 heteroatoms. The van der Waals surface area contributed by atoms with Crippen molar-refractivity contribution in [3.8, 4) is 0 Å². The number of imide groups is 1. The van der Waals surface area contributed by atoms with E-state index in [1.165, 1.54) is 0 Å². The van der Waals surface area contributed by atoms with Crippen molar-refractivity contribution in [3.05, 3.63) is 34.9 Å². The normalized spacial score (nSPS) is 25.4. The number of nitrogens with zero attached hydrogens (tertiary/aromatic N) is 2. The molecule has 0 aliphatic carbocycles. The summed E-state index contributed by atoms with van der Waals surface area (Å²) < 4.78 is 0. The summed E-state index contributed by atoms with van der Waals surface area (Å²) in [6.07, 6.45) is 1.76. The van der Waals surface area contributed by atoms with Gasteiger partial charge in [0.2, 0.25) is 11.8 Å². The third-order valence-corrected chi connectivity index (χ3v) is 6.29. The summed E-state index contributed by atoms with van der Waals surface area (Å²) in [7, 11) is 0. The Morgan fingerprint density at radius 1 is 1.18 bits per heavy atom. The van der Waals surface area contributed by atoms with Gasteiger partial charge < -0.3 is 10.2 Å². The molecular weight excluding hydrogens is 356 g/mol. The smallest absolute Gasteiger partial charge is 0.255 e. The van der Waals surface area contributed by atoms with E-state index in [0.717, 1.165) is 43.7 Å². The first-order valence-electron chi connectivity index (χ1n) is 10.1. The molecule has 3 amide bonds. The first kappa shape index (κ1) is 19.1. The highest BCUT2D eigenvalue weighted by Gasteiger charge is 2.39. The monoisotopic (exact) mass is 384 g/mol. The van der Waals surface area contributed by atoms with E-state index in [1.54, 1.807) is 4.90 Å². The Bertz CT molecular complexity index is 820. The van der Waals surface area contributed by atoms with E-state index in [2.05, 4.69) is 35.4 Å². The minimum absolute atomic E-state index is 0.102. The minimum Gasteiger partial charge on any atom is -0.322 e. The van der Waals surface area contributed by atoms with Crippen molar-refractivity contribution < 1.29 is 14.4 Å². The predicted molar refractivity (Wildman–Crippen MR) is 104 cm³/mol. The van der Waals surface area contributed by atoms with Gasteiger partial charge in [0.05, 0.1) is 0 Å². The van der Waals surface area contributed by atoms with Gasteiger partial charge in [-0.05, 0) is 50.4 Å². The molecule has 1 atom stereocenters. The number of benzene rings is 1. The van der Waals surface area contributed by atoms with Crippen molar-refractivity contribution >= 4 is 17.7 Å². The minimum atomic E-state index is -0.559. The van der Waals surface area contributed by atoms with Crippen molar-refractivity contribution in [1.82, 2.24) is 20.4 Å². The first-order valence-corrected chi connectivity index (χ1v) is 10.1. The largest absolute Gasteiger partial charge is 0.322 e. The molecular formula is C21H28N4O3. The van der Waals surface area contributed by atoms with Crippen molar-refractivity contribution in [2.75, 3.05) is 19.6 Å². The molecule has 0 bridgehead atoms. The maximum Gasteiger partial charge on any atom is 0.255 e. The molecule has 28 heavy (non-hydrogen) atoms. The number of fused-ring (bicyclic) bond motifs is 1. The molecule has 0 saturated carbocycles. The molecule has 4 rings (SSSR count). The lowest BCUT2D eigenvalue weighted by Crippen LogP contribution is -2.52. The Labute approximate surface area is 165 Å². The van der Waals surface area contributed by atoms with Crippen LogP contribution in [-0.4, -0.2) is 58.7 Å². The first-order chi connectivity index (χ1) is 13.3. The highest BCUT2D eigenvalue weighted by molar-refractivity contribution is 6.05. The maximum absolute atomic E-state index is 13.0. The second-order valence-electron chi connectivity index (χ2n) is 8.63. The van der Waals surface area contributed by atoms with Crippen molar-refractivity contribution in [3.63, 3.8) is 0 Å². The average Bonchev–Trinajstić information content (AvgIpc) is 2.86. The molecule has 2 N–H and O–H groups in total. The zero-order valence-electron chi connectivity index (χ0n) is 16.6. The summed E-state index contributed by atoms with van der Waals surface area (Å²) >= 11 is 0. The summed E-state index contributed by atoms with van der Waals surface area (Å²) in [6, 6.07) is 5.53. The van der Waals surface area contributed by atoms with E-state index in [-0.39, 0.29) is 29.7 Å². The topological polar surface area (TPSA) is 81.8 Å². The Balaban J connectivity index is 1.51. The quantitative estimate of drug-likeness (QED) is 0.761. The fourth-order valence-electron chi connectivity index (χ4n) is 4.41. The van der Waals surface area contributed by atoms with E-state index in [9.17, 15) is 14.4 Å². The van der Waals surface area contributed by atoms with Crippen LogP contribution in [0.25, 0.3) is 0 Å². The van der Waals surface area contributed by atoms with Gasteiger partial charge in [-0.25, -0.2) is 0 Å². The van der Waals surface area contributed by atoms with Crippen LogP contribution in [0.5, 0.6) is 0 Å². The molecule has 3 aliphatic rings. The zero-order valence-corrected chi connectivity index (χ0v) is 16.6. The number of amides is 3. The molecule has 7 nitrogen and oxygen atoms in total. The van der Waals surface area contributed by atoms with E-state index in [4.69, 9.17) is 0 Å². The van der Waals surface area contributed by atoms with Crippen LogP contribution >= 0.6 is 0 Å². The van der Waals surface area contributed by atoms with E-state index in [0.29, 0.717) is 18.5 Å². The summed E-state index contributed by atoms with van der Waals surface area (Å²) in [6.45, 7) is 8.73. The van der Waals surface area contributed by atoms with Gasteiger partial charge in [-0.15, -0.1) is 0 Å². The van der Waals surface area contributed by atoms with E-state index in [1.807, 2.05) is 12.1 Å². The van der Waals surface area contributed by atoms with Crippen LogP contribution in [-0.2, 0) is 22.7 Å². The van der Waals surface area contributed by atoms with Gasteiger partial charge in [-0.1, -0.05) is 12.1 Å². The van der Waals surface area contributed by atoms with Crippen LogP contribution in [0.3, 0.4) is 0 Å². The number of carbonyl (C=O) groups is 3. The van der Waals surface area contributed by atoms with Gasteiger partial charge in [0, 0.05) is 43.7 Å². The number of carbonyl (C=O) groups excluding carboxylic acids is 3. The van der Waals surface area contributed by atoms with Crippen molar-refractivity contribution in [1.29, 1.82) is 0 Å². The standard InChI is InChI=1S/C21H28N4O3/c1-21(2)7-8-22-9-10-24(21)12-14-3-4-15-13-25(20(28)16(15)11-14)17-5-6-18(26)23-19(17)27/h3-4,11,17,22H,5-10,12-13H2,1-2H3,(H,23,26,27). The van der Waals surface area contributed by atoms with Crippen LogP contribution < -0.4 is 10.6 Å². The number of hydrogen-bond donors (Lipinski definition) is 2. The summed E-state index contributed by atoms with van der Waals surface area (Å²) in [5.74, 6) is -0.734. The molecule has 2 fully saturated rings. The van der Waals surface area contributed by atoms with Gasteiger partial charge in [0.15, 0.2) is 0 Å². The number of hydrogen-bond acceptors (Lipinski definition) is 5. The third kappa shape index (κ3) is 3.56. The van der Waals surface area contributed by atoms with Crippen LogP contribution in [0, 0.1) is 0 Å². The zero-order chi connectivity index (χ0) is 19.9. The molecule has 0 radical (unpaired) electrons. The van der Waals surface area contributed by atoms with Gasteiger partial charge >= 0.3 is 0 Å². The maximum atomic E-state index is 13.0. The van der Waals surface area contributed by atoms with Crippen LogP contribution in [0.1, 0.15) is 54.6 Å². The molecule has 3 aliphatic heterocycles. The Morgan fingerprint density at radius 3 is 2.79 bits per heavy atom. The third-order valence-electron chi connectivity index (χ3n) is 6.29. The second kappa shape index (κ2) is 7.29. The Hall–Kier alpha value is -2.25. The predicted octanol–water partition coefficient (Wildman–Crippen LogP) is 1.02. The molecule has 1 aromatic carbocycles. The highest BCUT2D eigenvalue weighted by atomic mass is 16.2. The average molecular weight is 384 g/mol. The van der Waals surface area contributed by atoms with Crippen LogP contribution in [0.15, 0.2) is 18.2 Å². The van der Waals surface area contributed by atoms with E-state index < -0.39 is 6.04 Å². The molecule has 1 aromatic rings. The number of rotatable bonds is 3. The second-order valence-corrected chi connectivity index (χ2v) is 8.63. The molecule has 2 saturated heterocycles. The lowest BCUT2D eigenvalue weighted by Gasteiger charge is -2.37. The Kier molecular flexibility index (Phi) is 4.97. The molecule has 150 valence electrons. The SMILES string of the molecule is CC1(C)CCNCCN1Cc1ccc2c(c1)C(=O)N(C1CCC(=O)NC1=O)C2. The fraction of sp³-hybridized carbons (Fsp3) is 0.571. The molecule has 1 unspecified atom stereocenters. The van der Waals surface area contributed by atoms with Gasteiger partial charge in [0.25, 0.3) is 5.91 Å². The lowest BCUT2D eigenvalue weighted by atomic mass is 9.97. The summed E-state index contributed by atoms with van der Waals surface area (Å²) in [5.41, 5.74) is 2.86. The lowest BCUT2D eigenvalue weighted by molar-refractivity contribution is -0.136. The highest BCUT2D eigenvalue weighted by Crippen LogP contribution is 2.29.